The summed E-state index contributed by atoms with van der Waals surface area (Å²) < 4.78 is 7.21. The monoisotopic (exact) mass is 247 g/mol. The third-order valence-electron chi connectivity index (χ3n) is 2.14. The van der Waals surface area contributed by atoms with Gasteiger partial charge in [0.25, 0.3) is 0 Å². The van der Waals surface area contributed by atoms with Gasteiger partial charge in [0.2, 0.25) is 5.88 Å². The molecule has 2 aromatic heterocycles. The van der Waals surface area contributed by atoms with Crippen LogP contribution in [0.2, 0.25) is 0 Å². The molecule has 17 heavy (non-hydrogen) atoms. The Morgan fingerprint density at radius 1 is 1.47 bits per heavy atom. The minimum absolute atomic E-state index is 0.413. The van der Waals surface area contributed by atoms with E-state index < -0.39 is 0 Å². The van der Waals surface area contributed by atoms with E-state index in [0.717, 1.165) is 15.6 Å². The number of ether oxygens (including phenoxy) is 1. The van der Waals surface area contributed by atoms with E-state index in [1.165, 1.54) is 0 Å². The predicted molar refractivity (Wildman–Crippen MR) is 69.8 cm³/mol. The molecule has 0 radical (unpaired) electrons. The van der Waals surface area contributed by atoms with Gasteiger partial charge in [-0.25, -0.2) is 4.98 Å². The highest BCUT2D eigenvalue weighted by molar-refractivity contribution is 7.12. The second-order valence-corrected chi connectivity index (χ2v) is 4.50. The van der Waals surface area contributed by atoms with Crippen LogP contribution in [0.3, 0.4) is 0 Å². The van der Waals surface area contributed by atoms with Crippen molar-refractivity contribution in [3.05, 3.63) is 41.0 Å². The minimum atomic E-state index is 0.413. The van der Waals surface area contributed by atoms with E-state index in [9.17, 15) is 0 Å². The van der Waals surface area contributed by atoms with E-state index in [2.05, 4.69) is 23.2 Å². The van der Waals surface area contributed by atoms with Gasteiger partial charge in [-0.3, -0.25) is 4.68 Å². The zero-order chi connectivity index (χ0) is 12.3. The van der Waals surface area contributed by atoms with Gasteiger partial charge in [-0.05, 0) is 12.2 Å². The molecule has 2 rings (SSSR count). The number of thiazole rings is 1. The lowest BCUT2D eigenvalue weighted by molar-refractivity contribution is 0.290. The number of aromatic nitrogens is 3. The summed E-state index contributed by atoms with van der Waals surface area (Å²) in [6.07, 6.45) is 5.33. The van der Waals surface area contributed by atoms with Crippen LogP contribution in [0, 0.1) is 0 Å². The van der Waals surface area contributed by atoms with Crippen LogP contribution in [-0.4, -0.2) is 14.8 Å². The largest absolute Gasteiger partial charge is 0.469 e. The lowest BCUT2D eigenvalue weighted by atomic mass is 10.3. The summed E-state index contributed by atoms with van der Waals surface area (Å²) in [4.78, 5) is 5.40. The third-order valence-corrected chi connectivity index (χ3v) is 3.18. The van der Waals surface area contributed by atoms with Crippen LogP contribution in [0.15, 0.2) is 25.4 Å². The topological polar surface area (TPSA) is 39.9 Å². The highest BCUT2D eigenvalue weighted by Crippen LogP contribution is 2.21. The Bertz CT molecular complexity index is 516. The highest BCUT2D eigenvalue weighted by Gasteiger charge is 2.07. The van der Waals surface area contributed by atoms with Gasteiger partial charge in [-0.15, -0.1) is 16.4 Å². The average molecular weight is 247 g/mol. The summed E-state index contributed by atoms with van der Waals surface area (Å²) in [5, 5.41) is 5.02. The highest BCUT2D eigenvalue weighted by atomic mass is 32.1. The standard InChI is InChI=1S/C12H13N3OS/c1-4-9-10(5-2)17-12(13-9)8-16-11-6-7-15(3)14-11/h4-7H,1-2,8H2,3H3. The second-order valence-electron chi connectivity index (χ2n) is 3.38. The molecule has 0 bridgehead atoms. The van der Waals surface area contributed by atoms with Crippen LogP contribution >= 0.6 is 11.3 Å². The smallest absolute Gasteiger partial charge is 0.233 e. The average Bonchev–Trinajstić information content (AvgIpc) is 2.92. The molecule has 0 atom stereocenters. The van der Waals surface area contributed by atoms with E-state index in [4.69, 9.17) is 4.74 Å². The van der Waals surface area contributed by atoms with Crippen molar-refractivity contribution >= 4 is 23.5 Å². The second kappa shape index (κ2) is 4.97. The van der Waals surface area contributed by atoms with Crippen LogP contribution < -0.4 is 4.74 Å². The summed E-state index contributed by atoms with van der Waals surface area (Å²) in [6, 6.07) is 1.82. The van der Waals surface area contributed by atoms with Gasteiger partial charge in [-0.1, -0.05) is 13.2 Å². The Labute approximate surface area is 104 Å². The summed E-state index contributed by atoms with van der Waals surface area (Å²) in [6.45, 7) is 7.87. The molecule has 0 aliphatic rings. The third kappa shape index (κ3) is 2.62. The SMILES string of the molecule is C=Cc1nc(COc2ccn(C)n2)sc1C=C. The fraction of sp³-hybridized carbons (Fsp3) is 0.167. The van der Waals surface area contributed by atoms with E-state index in [0.29, 0.717) is 12.5 Å². The molecule has 2 heterocycles. The first-order valence-electron chi connectivity index (χ1n) is 5.10. The Morgan fingerprint density at radius 3 is 2.82 bits per heavy atom. The number of rotatable bonds is 5. The van der Waals surface area contributed by atoms with Gasteiger partial charge in [-0.2, -0.15) is 0 Å². The van der Waals surface area contributed by atoms with E-state index >= 15 is 0 Å². The van der Waals surface area contributed by atoms with Crippen molar-refractivity contribution in [3.63, 3.8) is 0 Å². The molecule has 0 amide bonds. The molecule has 5 heteroatoms. The van der Waals surface area contributed by atoms with Crippen molar-refractivity contribution < 1.29 is 4.74 Å². The van der Waals surface area contributed by atoms with Gasteiger partial charge in [0, 0.05) is 19.3 Å². The summed E-state index contributed by atoms with van der Waals surface area (Å²) in [7, 11) is 1.85. The zero-order valence-corrected chi connectivity index (χ0v) is 10.4. The molecule has 0 spiro atoms. The van der Waals surface area contributed by atoms with Crippen molar-refractivity contribution in [2.45, 2.75) is 6.61 Å². The molecule has 0 aliphatic heterocycles. The molecule has 2 aromatic rings. The number of hydrogen-bond donors (Lipinski definition) is 0. The van der Waals surface area contributed by atoms with Crippen LogP contribution in [0.5, 0.6) is 5.88 Å². The van der Waals surface area contributed by atoms with Crippen molar-refractivity contribution in [2.24, 2.45) is 7.05 Å². The van der Waals surface area contributed by atoms with Crippen LogP contribution in [0.25, 0.3) is 12.2 Å². The zero-order valence-electron chi connectivity index (χ0n) is 9.59. The van der Waals surface area contributed by atoms with Crippen LogP contribution in [0.4, 0.5) is 0 Å². The number of aryl methyl sites for hydroxylation is 1. The van der Waals surface area contributed by atoms with Gasteiger partial charge < -0.3 is 4.74 Å². The van der Waals surface area contributed by atoms with Crippen molar-refractivity contribution in [3.8, 4) is 5.88 Å². The molecule has 0 unspecified atom stereocenters. The molecule has 0 aliphatic carbocycles. The summed E-state index contributed by atoms with van der Waals surface area (Å²) >= 11 is 1.55. The van der Waals surface area contributed by atoms with Gasteiger partial charge in [0.15, 0.2) is 0 Å². The van der Waals surface area contributed by atoms with Crippen molar-refractivity contribution in [1.82, 2.24) is 14.8 Å². The Hall–Kier alpha value is -1.88. The molecule has 88 valence electrons. The van der Waals surface area contributed by atoms with Crippen molar-refractivity contribution in [1.29, 1.82) is 0 Å². The molecule has 4 nitrogen and oxygen atoms in total. The summed E-state index contributed by atoms with van der Waals surface area (Å²) in [5.41, 5.74) is 0.852. The first-order chi connectivity index (χ1) is 8.22. The molecular formula is C12H13N3OS. The Morgan fingerprint density at radius 2 is 2.29 bits per heavy atom. The molecule has 0 fully saturated rings. The van der Waals surface area contributed by atoms with E-state index in [-0.39, 0.29) is 0 Å². The first-order valence-corrected chi connectivity index (χ1v) is 5.91. The number of nitrogens with zero attached hydrogens (tertiary/aromatic N) is 3. The van der Waals surface area contributed by atoms with Gasteiger partial charge in [0.05, 0.1) is 10.6 Å². The number of hydrogen-bond acceptors (Lipinski definition) is 4. The minimum Gasteiger partial charge on any atom is -0.469 e. The fourth-order valence-corrected chi connectivity index (χ4v) is 2.18. The normalized spacial score (nSPS) is 10.2. The molecular weight excluding hydrogens is 234 g/mol. The van der Waals surface area contributed by atoms with Gasteiger partial charge in [0.1, 0.15) is 11.6 Å². The Kier molecular flexibility index (Phi) is 3.39. The maximum Gasteiger partial charge on any atom is 0.233 e. The van der Waals surface area contributed by atoms with Gasteiger partial charge >= 0.3 is 0 Å². The maximum atomic E-state index is 5.52. The van der Waals surface area contributed by atoms with E-state index in [1.807, 2.05) is 19.3 Å². The molecule has 0 saturated heterocycles. The summed E-state index contributed by atoms with van der Waals surface area (Å²) in [5.74, 6) is 0.600. The van der Waals surface area contributed by atoms with Crippen LogP contribution in [0.1, 0.15) is 15.6 Å². The quantitative estimate of drug-likeness (QED) is 0.815. The Balaban J connectivity index is 2.06. The van der Waals surface area contributed by atoms with E-state index in [1.54, 1.807) is 28.2 Å². The lowest BCUT2D eigenvalue weighted by Gasteiger charge is -1.98. The lowest BCUT2D eigenvalue weighted by Crippen LogP contribution is -1.96. The first kappa shape index (κ1) is 11.6. The molecule has 0 saturated carbocycles. The van der Waals surface area contributed by atoms with Crippen molar-refractivity contribution in [2.75, 3.05) is 0 Å². The molecule has 0 aromatic carbocycles. The maximum absolute atomic E-state index is 5.52. The molecule has 0 N–H and O–H groups in total. The predicted octanol–water partition coefficient (Wildman–Crippen LogP) is 2.74. The van der Waals surface area contributed by atoms with Crippen LogP contribution in [-0.2, 0) is 13.7 Å². The fourth-order valence-electron chi connectivity index (χ4n) is 1.35.